The van der Waals surface area contributed by atoms with Crippen LogP contribution in [0.4, 0.5) is 0 Å². The van der Waals surface area contributed by atoms with Crippen molar-refractivity contribution in [3.05, 3.63) is 39.2 Å². The summed E-state index contributed by atoms with van der Waals surface area (Å²) in [7, 11) is 0. The highest BCUT2D eigenvalue weighted by molar-refractivity contribution is 5.93. The Labute approximate surface area is 266 Å². The molecule has 0 amide bonds. The van der Waals surface area contributed by atoms with E-state index in [2.05, 4.69) is 0 Å². The van der Waals surface area contributed by atoms with E-state index in [9.17, 15) is 24.0 Å². The van der Waals surface area contributed by atoms with E-state index in [0.29, 0.717) is 36.3 Å². The number of hydrogen-bond acceptors (Lipinski definition) is 11. The van der Waals surface area contributed by atoms with E-state index in [1.54, 1.807) is 26.8 Å². The first kappa shape index (κ1) is 30.7. The number of rotatable bonds is 5. The van der Waals surface area contributed by atoms with Crippen LogP contribution in [0.15, 0.2) is 21.3 Å². The fourth-order valence-corrected chi connectivity index (χ4v) is 8.81. The topological polar surface area (TPSA) is 145 Å². The van der Waals surface area contributed by atoms with Crippen LogP contribution in [-0.2, 0) is 44.5 Å². The molecule has 0 N–H and O–H groups in total. The molecule has 4 bridgehead atoms. The monoisotopic (exact) mass is 636 g/mol. The van der Waals surface area contributed by atoms with Crippen molar-refractivity contribution in [2.24, 2.45) is 22.7 Å². The van der Waals surface area contributed by atoms with Crippen molar-refractivity contribution in [2.75, 3.05) is 0 Å². The Kier molecular flexibility index (Phi) is 6.25. The lowest BCUT2D eigenvalue weighted by Gasteiger charge is -2.45. The zero-order valence-corrected chi connectivity index (χ0v) is 27.5. The van der Waals surface area contributed by atoms with Gasteiger partial charge in [-0.2, -0.15) is 0 Å². The highest BCUT2D eigenvalue weighted by Gasteiger charge is 2.73. The third-order valence-corrected chi connectivity index (χ3v) is 11.9. The molecule has 2 saturated heterocycles. The number of ether oxygens (including phenoxy) is 5. The summed E-state index contributed by atoms with van der Waals surface area (Å²) >= 11 is 0. The number of hydrogen-bond donors (Lipinski definition) is 0. The van der Waals surface area contributed by atoms with Gasteiger partial charge in [-0.3, -0.25) is 14.4 Å². The summed E-state index contributed by atoms with van der Waals surface area (Å²) in [5.74, 6) is -2.66. The Morgan fingerprint density at radius 3 is 1.85 bits per heavy atom. The summed E-state index contributed by atoms with van der Waals surface area (Å²) in [6.07, 6.45) is -0.696. The molecule has 4 heterocycles. The molecule has 246 valence electrons. The Bertz CT molecular complexity index is 1800. The van der Waals surface area contributed by atoms with Crippen LogP contribution >= 0.6 is 0 Å². The molecule has 0 spiro atoms. The molecular formula is C35H40O11. The molecule has 11 nitrogen and oxygen atoms in total. The zero-order valence-electron chi connectivity index (χ0n) is 27.5. The van der Waals surface area contributed by atoms with E-state index in [-0.39, 0.29) is 34.8 Å². The smallest absolute Gasteiger partial charge is 0.351 e. The van der Waals surface area contributed by atoms with Crippen molar-refractivity contribution in [1.82, 2.24) is 0 Å². The van der Waals surface area contributed by atoms with E-state index in [4.69, 9.17) is 28.1 Å². The van der Waals surface area contributed by atoms with Crippen molar-refractivity contribution < 1.29 is 47.3 Å². The molecule has 11 heteroatoms. The number of carbonyl (C=O) groups is 4. The van der Waals surface area contributed by atoms with Crippen molar-refractivity contribution in [1.29, 1.82) is 0 Å². The van der Waals surface area contributed by atoms with Crippen molar-refractivity contribution >= 4 is 34.8 Å². The first-order chi connectivity index (χ1) is 21.4. The van der Waals surface area contributed by atoms with E-state index < -0.39 is 75.6 Å². The lowest BCUT2D eigenvalue weighted by atomic mass is 9.74. The van der Waals surface area contributed by atoms with Crippen molar-refractivity contribution in [3.8, 4) is 5.75 Å². The second-order valence-corrected chi connectivity index (χ2v) is 15.2. The highest BCUT2D eigenvalue weighted by Crippen LogP contribution is 2.61. The Balaban J connectivity index is 1.39. The van der Waals surface area contributed by atoms with Gasteiger partial charge in [-0.1, -0.05) is 34.6 Å². The summed E-state index contributed by atoms with van der Waals surface area (Å²) in [5.41, 5.74) is -5.35. The number of carbonyl (C=O) groups excluding carboxylic acids is 4. The Morgan fingerprint density at radius 1 is 0.826 bits per heavy atom. The van der Waals surface area contributed by atoms with Crippen LogP contribution in [0.5, 0.6) is 5.75 Å². The first-order valence-corrected chi connectivity index (χ1v) is 16.1. The van der Waals surface area contributed by atoms with Crippen LogP contribution < -0.4 is 10.2 Å². The predicted molar refractivity (Wildman–Crippen MR) is 161 cm³/mol. The average molecular weight is 637 g/mol. The van der Waals surface area contributed by atoms with Gasteiger partial charge in [-0.25, -0.2) is 9.59 Å². The lowest BCUT2D eigenvalue weighted by Crippen LogP contribution is -2.57. The molecule has 1 aromatic heterocycles. The maximum absolute atomic E-state index is 14.4. The van der Waals surface area contributed by atoms with Gasteiger partial charge < -0.3 is 28.1 Å². The van der Waals surface area contributed by atoms with E-state index in [1.807, 2.05) is 34.6 Å². The van der Waals surface area contributed by atoms with Crippen LogP contribution in [0.2, 0.25) is 0 Å². The van der Waals surface area contributed by atoms with Crippen LogP contribution in [0.25, 0.3) is 11.0 Å². The molecule has 5 aliphatic rings. The fourth-order valence-electron chi connectivity index (χ4n) is 8.81. The number of fused-ring (bicyclic) bond motifs is 7. The average Bonchev–Trinajstić information content (AvgIpc) is 3.53. The molecule has 2 aliphatic carbocycles. The molecule has 3 aliphatic heterocycles. The highest BCUT2D eigenvalue weighted by atomic mass is 16.7. The summed E-state index contributed by atoms with van der Waals surface area (Å²) < 4.78 is 36.9. The summed E-state index contributed by atoms with van der Waals surface area (Å²) in [6.45, 7) is 14.3. The van der Waals surface area contributed by atoms with E-state index in [0.717, 1.165) is 0 Å². The predicted octanol–water partition coefficient (Wildman–Crippen LogP) is 4.79. The fraction of sp³-hybridized carbons (Fsp3) is 0.629. The molecule has 2 unspecified atom stereocenters. The maximum Gasteiger partial charge on any atom is 0.351 e. The van der Waals surface area contributed by atoms with Crippen LogP contribution in [0, 0.1) is 29.6 Å². The summed E-state index contributed by atoms with van der Waals surface area (Å²) in [6, 6.07) is 3.12. The normalized spacial score (nSPS) is 34.1. The van der Waals surface area contributed by atoms with Gasteiger partial charge in [-0.05, 0) is 58.1 Å². The van der Waals surface area contributed by atoms with Gasteiger partial charge in [0.2, 0.25) is 11.2 Å². The zero-order chi connectivity index (χ0) is 33.4. The number of esters is 4. The molecule has 0 radical (unpaired) electrons. The largest absolute Gasteiger partial charge is 0.483 e. The van der Waals surface area contributed by atoms with Crippen molar-refractivity contribution in [3.63, 3.8) is 0 Å². The summed E-state index contributed by atoms with van der Waals surface area (Å²) in [4.78, 5) is 67.5. The minimum Gasteiger partial charge on any atom is -0.483 e. The molecular weight excluding hydrogens is 596 g/mol. The lowest BCUT2D eigenvalue weighted by molar-refractivity contribution is -0.217. The molecule has 46 heavy (non-hydrogen) atoms. The van der Waals surface area contributed by atoms with Crippen LogP contribution in [0.3, 0.4) is 0 Å². The van der Waals surface area contributed by atoms with Gasteiger partial charge >= 0.3 is 23.9 Å². The molecule has 4 fully saturated rings. The van der Waals surface area contributed by atoms with Gasteiger partial charge in [0.1, 0.15) is 22.7 Å². The van der Waals surface area contributed by atoms with E-state index in [1.165, 1.54) is 6.07 Å². The second kappa shape index (κ2) is 9.35. The van der Waals surface area contributed by atoms with Gasteiger partial charge in [0.15, 0.2) is 17.6 Å². The Hall–Kier alpha value is -3.89. The standard InChI is InChI=1S/C35H40O11/c1-9-17-15-20(36)22-16(2)14-21-23(24(22)41-17)25(42-29(39)34-12-10-18(27(37)45-34)31(34,3)4)26(33(7,8)44-21)43-30(40)35-13-11-19(28(38)46-35)32(35,5)6/h14-15,18-19,25-26H,9-13H2,1-8H3/t18?,19?,25-,26-,34-,35-/m1/s1. The quantitative estimate of drug-likeness (QED) is 0.330. The SMILES string of the molecule is CCc1cc(=O)c2c(C)cc3c(c2o1)[C@@H](OC(=O)[C@@]12CCC(C(=O)O1)C2(C)C)[C@@H](OC(=O)[C@@]12CCC(C(=O)O1)C2(C)C)C(C)(C)O3. The molecule has 7 rings (SSSR count). The minimum atomic E-state index is -1.55. The van der Waals surface area contributed by atoms with Gasteiger partial charge in [0, 0.05) is 23.3 Å². The molecule has 2 saturated carbocycles. The van der Waals surface area contributed by atoms with Gasteiger partial charge in [-0.15, -0.1) is 0 Å². The molecule has 2 aromatic rings. The third-order valence-electron chi connectivity index (χ3n) is 11.9. The number of benzene rings is 1. The van der Waals surface area contributed by atoms with Crippen LogP contribution in [0.1, 0.15) is 97.1 Å². The van der Waals surface area contributed by atoms with Crippen molar-refractivity contribution in [2.45, 2.75) is 117 Å². The summed E-state index contributed by atoms with van der Waals surface area (Å²) in [5, 5.41) is 0.278. The van der Waals surface area contributed by atoms with Gasteiger partial charge in [0.05, 0.1) is 22.8 Å². The molecule has 6 atom stereocenters. The van der Waals surface area contributed by atoms with Gasteiger partial charge in [0.25, 0.3) is 0 Å². The first-order valence-electron chi connectivity index (χ1n) is 16.1. The second-order valence-electron chi connectivity index (χ2n) is 15.2. The minimum absolute atomic E-state index is 0.157. The Morgan fingerprint density at radius 2 is 1.37 bits per heavy atom. The number of aryl methyl sites for hydroxylation is 2. The van der Waals surface area contributed by atoms with E-state index >= 15 is 0 Å². The van der Waals surface area contributed by atoms with Crippen LogP contribution in [-0.4, -0.2) is 46.8 Å². The molecule has 1 aromatic carbocycles. The third kappa shape index (κ3) is 3.68. The maximum atomic E-state index is 14.4.